The van der Waals surface area contributed by atoms with E-state index in [-0.39, 0.29) is 31.6 Å². The third-order valence-electron chi connectivity index (χ3n) is 4.85. The molecule has 2 heterocycles. The third-order valence-corrected chi connectivity index (χ3v) is 5.03. The normalized spacial score (nSPS) is 17.9. The lowest BCUT2D eigenvalue weighted by molar-refractivity contribution is 0.0524. The fourth-order valence-corrected chi connectivity index (χ4v) is 3.73. The maximum Gasteiger partial charge on any atom is 0.414 e. The van der Waals surface area contributed by atoms with Gasteiger partial charge < -0.3 is 14.6 Å². The van der Waals surface area contributed by atoms with Gasteiger partial charge in [-0.15, -0.1) is 0 Å². The summed E-state index contributed by atoms with van der Waals surface area (Å²) in [5.74, 6) is 0. The number of fused-ring (bicyclic) bond motifs is 1. The molecule has 9 heteroatoms. The molecule has 0 saturated heterocycles. The Balaban J connectivity index is 2.14. The fraction of sp³-hybridized carbons (Fsp3) is 0.455. The van der Waals surface area contributed by atoms with Crippen molar-refractivity contribution < 1.29 is 19.4 Å². The van der Waals surface area contributed by atoms with E-state index in [2.05, 4.69) is 16.0 Å². The number of halogens is 1. The van der Waals surface area contributed by atoms with Gasteiger partial charge >= 0.3 is 6.09 Å². The number of aliphatic hydroxyl groups excluding tert-OH is 1. The summed E-state index contributed by atoms with van der Waals surface area (Å²) in [7, 11) is 0. The number of aliphatic hydroxyl groups is 1. The molecule has 2 aromatic rings. The molecule has 1 aromatic carbocycles. The average molecular weight is 445 g/mol. The Labute approximate surface area is 186 Å². The van der Waals surface area contributed by atoms with Crippen LogP contribution < -0.4 is 4.90 Å². The van der Waals surface area contributed by atoms with Crippen LogP contribution in [-0.4, -0.2) is 53.1 Å². The number of aromatic nitrogens is 2. The molecule has 1 amide bonds. The zero-order chi connectivity index (χ0) is 22.8. The minimum Gasteiger partial charge on any atom is -0.443 e. The lowest BCUT2D eigenvalue weighted by Gasteiger charge is -2.27. The molecule has 1 aromatic heterocycles. The monoisotopic (exact) mass is 444 g/mol. The van der Waals surface area contributed by atoms with Gasteiger partial charge in [0, 0.05) is 23.7 Å². The van der Waals surface area contributed by atoms with Crippen LogP contribution in [0, 0.1) is 11.3 Å². The summed E-state index contributed by atoms with van der Waals surface area (Å²) in [6.07, 6.45) is 1.01. The topological polar surface area (TPSA) is 109 Å². The van der Waals surface area contributed by atoms with Gasteiger partial charge in [0.1, 0.15) is 11.7 Å². The van der Waals surface area contributed by atoms with Gasteiger partial charge in [0.15, 0.2) is 0 Å². The molecule has 3 rings (SSSR count). The number of hydrogen-bond acceptors (Lipinski definition) is 7. The number of ether oxygens (including phenoxy) is 2. The number of nitriles is 1. The summed E-state index contributed by atoms with van der Waals surface area (Å²) < 4.78 is 11.2. The summed E-state index contributed by atoms with van der Waals surface area (Å²) in [6.45, 7) is 7.90. The second-order valence-electron chi connectivity index (χ2n) is 8.65. The zero-order valence-electron chi connectivity index (χ0n) is 18.0. The molecular formula is C22H25ClN4O4. The molecule has 1 N–H and O–H groups in total. The highest BCUT2D eigenvalue weighted by atomic mass is 35.5. The Hall–Kier alpha value is -2.73. The Bertz CT molecular complexity index is 1030. The van der Waals surface area contributed by atoms with Crippen molar-refractivity contribution >= 4 is 23.4 Å². The van der Waals surface area contributed by atoms with Crippen LogP contribution in [0.5, 0.6) is 0 Å². The van der Waals surface area contributed by atoms with Gasteiger partial charge in [-0.3, -0.25) is 4.90 Å². The number of benzene rings is 1. The van der Waals surface area contributed by atoms with E-state index in [1.165, 1.54) is 4.90 Å². The van der Waals surface area contributed by atoms with Crippen molar-refractivity contribution in [1.29, 1.82) is 5.26 Å². The Morgan fingerprint density at radius 2 is 2.16 bits per heavy atom. The lowest BCUT2D eigenvalue weighted by atomic mass is 9.83. The van der Waals surface area contributed by atoms with Gasteiger partial charge in [-0.1, -0.05) is 6.92 Å². The predicted molar refractivity (Wildman–Crippen MR) is 116 cm³/mol. The number of carbonyl (C=O) groups excluding carboxylic acids is 1. The van der Waals surface area contributed by atoms with Crippen molar-refractivity contribution in [3.63, 3.8) is 0 Å². The molecule has 0 bridgehead atoms. The summed E-state index contributed by atoms with van der Waals surface area (Å²) in [5, 5.41) is 19.1. The van der Waals surface area contributed by atoms with Gasteiger partial charge in [0.05, 0.1) is 36.8 Å². The van der Waals surface area contributed by atoms with E-state index in [0.717, 1.165) is 5.56 Å². The summed E-state index contributed by atoms with van der Waals surface area (Å²) in [4.78, 5) is 22.6. The van der Waals surface area contributed by atoms with Gasteiger partial charge in [-0.2, -0.15) is 5.26 Å². The molecule has 0 spiro atoms. The van der Waals surface area contributed by atoms with Crippen molar-refractivity contribution in [2.24, 2.45) is 0 Å². The standard InChI is InChI=1S/C22H25ClN4O4/c1-21(2,3)31-20(29)27-12-22(4,13-30-8-7-28)16-10-14(9-15(11-24)18(16)27)17-5-6-25-19(23)26-17/h5-6,9-10,28H,7-8,12-13H2,1-4H3. The van der Waals surface area contributed by atoms with E-state index in [4.69, 9.17) is 26.2 Å². The van der Waals surface area contributed by atoms with Gasteiger partial charge in [-0.05, 0) is 56.1 Å². The average Bonchev–Trinajstić information content (AvgIpc) is 2.99. The van der Waals surface area contributed by atoms with Crippen LogP contribution in [0.1, 0.15) is 38.8 Å². The van der Waals surface area contributed by atoms with E-state index >= 15 is 0 Å². The van der Waals surface area contributed by atoms with Crippen LogP contribution >= 0.6 is 11.6 Å². The second kappa shape index (κ2) is 8.79. The van der Waals surface area contributed by atoms with Gasteiger partial charge in [0.2, 0.25) is 5.28 Å². The number of amides is 1. The first-order valence-corrected chi connectivity index (χ1v) is 10.2. The van der Waals surface area contributed by atoms with Gasteiger partial charge in [0.25, 0.3) is 0 Å². The molecule has 0 saturated carbocycles. The van der Waals surface area contributed by atoms with Crippen LogP contribution in [0.4, 0.5) is 10.5 Å². The second-order valence-corrected chi connectivity index (χ2v) is 8.98. The number of hydrogen-bond donors (Lipinski definition) is 1. The van der Waals surface area contributed by atoms with Crippen LogP contribution in [-0.2, 0) is 14.9 Å². The maximum atomic E-state index is 13.0. The Morgan fingerprint density at radius 3 is 2.77 bits per heavy atom. The van der Waals surface area contributed by atoms with E-state index in [9.17, 15) is 10.1 Å². The number of rotatable bonds is 5. The smallest absolute Gasteiger partial charge is 0.414 e. The van der Waals surface area contributed by atoms with Crippen LogP contribution in [0.2, 0.25) is 5.28 Å². The minimum atomic E-state index is -0.686. The Morgan fingerprint density at radius 1 is 1.42 bits per heavy atom. The molecule has 1 aliphatic heterocycles. The molecule has 0 radical (unpaired) electrons. The van der Waals surface area contributed by atoms with Crippen LogP contribution in [0.15, 0.2) is 24.4 Å². The molecule has 1 unspecified atom stereocenters. The fourth-order valence-electron chi connectivity index (χ4n) is 3.59. The minimum absolute atomic E-state index is 0.0981. The molecule has 0 aliphatic carbocycles. The first-order chi connectivity index (χ1) is 14.6. The van der Waals surface area contributed by atoms with Crippen LogP contribution in [0.3, 0.4) is 0 Å². The largest absolute Gasteiger partial charge is 0.443 e. The van der Waals surface area contributed by atoms with E-state index < -0.39 is 17.1 Å². The summed E-state index contributed by atoms with van der Waals surface area (Å²) in [6, 6.07) is 7.47. The van der Waals surface area contributed by atoms with Crippen molar-refractivity contribution in [2.75, 3.05) is 31.3 Å². The summed E-state index contributed by atoms with van der Waals surface area (Å²) >= 11 is 5.95. The first-order valence-electron chi connectivity index (χ1n) is 9.84. The molecule has 1 aliphatic rings. The van der Waals surface area contributed by atoms with Crippen LogP contribution in [0.25, 0.3) is 11.3 Å². The number of nitrogens with zero attached hydrogens (tertiary/aromatic N) is 4. The molecule has 0 fully saturated rings. The molecule has 8 nitrogen and oxygen atoms in total. The Kier molecular flexibility index (Phi) is 6.51. The number of anilines is 1. The highest BCUT2D eigenvalue weighted by molar-refractivity contribution is 6.28. The highest BCUT2D eigenvalue weighted by Gasteiger charge is 2.45. The van der Waals surface area contributed by atoms with Crippen molar-refractivity contribution in [3.05, 3.63) is 40.8 Å². The SMILES string of the molecule is CC(C)(C)OC(=O)N1CC(C)(COCCO)c2cc(-c3ccnc(Cl)n3)cc(C#N)c21. The quantitative estimate of drug-likeness (QED) is 0.553. The van der Waals surface area contributed by atoms with E-state index in [1.54, 1.807) is 39.1 Å². The van der Waals surface area contributed by atoms with E-state index in [1.807, 2.05) is 13.0 Å². The molecule has 31 heavy (non-hydrogen) atoms. The maximum absolute atomic E-state index is 13.0. The van der Waals surface area contributed by atoms with Gasteiger partial charge in [-0.25, -0.2) is 14.8 Å². The molecule has 1 atom stereocenters. The van der Waals surface area contributed by atoms with E-state index in [0.29, 0.717) is 22.5 Å². The predicted octanol–water partition coefficient (Wildman–Crippen LogP) is 3.69. The van der Waals surface area contributed by atoms with Crippen molar-refractivity contribution in [1.82, 2.24) is 9.97 Å². The molecule has 164 valence electrons. The molecular weight excluding hydrogens is 420 g/mol. The third kappa shape index (κ3) is 4.96. The lowest BCUT2D eigenvalue weighted by Crippen LogP contribution is -2.41. The zero-order valence-corrected chi connectivity index (χ0v) is 18.7. The highest BCUT2D eigenvalue weighted by Crippen LogP contribution is 2.45. The summed E-state index contributed by atoms with van der Waals surface area (Å²) in [5.41, 5.74) is 1.51. The first kappa shape index (κ1) is 22.9. The number of carbonyl (C=O) groups is 1. The van der Waals surface area contributed by atoms with Crippen molar-refractivity contribution in [2.45, 2.75) is 38.7 Å². The van der Waals surface area contributed by atoms with Crippen molar-refractivity contribution in [3.8, 4) is 17.3 Å².